The first-order valence-electron chi connectivity index (χ1n) is 9.57. The van der Waals surface area contributed by atoms with E-state index in [1.165, 1.54) is 6.92 Å². The minimum Gasteiger partial charge on any atom is -0.484 e. The molecule has 0 bridgehead atoms. The number of amides is 1. The van der Waals surface area contributed by atoms with E-state index in [1.54, 1.807) is 24.3 Å². The van der Waals surface area contributed by atoms with Crippen LogP contribution in [0.25, 0.3) is 0 Å². The van der Waals surface area contributed by atoms with Crippen molar-refractivity contribution in [3.05, 3.63) is 63.6 Å². The van der Waals surface area contributed by atoms with Gasteiger partial charge in [-0.15, -0.1) is 0 Å². The average molecular weight is 435 g/mol. The second kappa shape index (κ2) is 10.1. The number of ketones is 1. The van der Waals surface area contributed by atoms with E-state index in [0.29, 0.717) is 33.8 Å². The van der Waals surface area contributed by atoms with Crippen LogP contribution in [0.2, 0.25) is 10.0 Å². The maximum atomic E-state index is 12.1. The summed E-state index contributed by atoms with van der Waals surface area (Å²) in [5, 5.41) is 4.08. The fraction of sp³-hybridized carbons (Fsp3) is 0.364. The molecule has 29 heavy (non-hydrogen) atoms. The van der Waals surface area contributed by atoms with Crippen molar-refractivity contribution in [3.63, 3.8) is 0 Å². The van der Waals surface area contributed by atoms with E-state index in [4.69, 9.17) is 27.9 Å². The van der Waals surface area contributed by atoms with Crippen molar-refractivity contribution in [3.8, 4) is 5.75 Å². The van der Waals surface area contributed by atoms with Gasteiger partial charge in [-0.05, 0) is 67.8 Å². The SMILES string of the molecule is CC(=O)c1ccc(OCC(=O)NCC2CCN(Cc3ccc(Cl)c(Cl)c3)C2)cc1. The van der Waals surface area contributed by atoms with Gasteiger partial charge in [-0.3, -0.25) is 14.5 Å². The van der Waals surface area contributed by atoms with Gasteiger partial charge in [0.25, 0.3) is 5.91 Å². The number of rotatable bonds is 8. The van der Waals surface area contributed by atoms with Gasteiger partial charge in [-0.25, -0.2) is 0 Å². The number of benzene rings is 2. The molecule has 1 aliphatic rings. The molecule has 1 saturated heterocycles. The van der Waals surface area contributed by atoms with Crippen LogP contribution in [0.5, 0.6) is 5.75 Å². The lowest BCUT2D eigenvalue weighted by molar-refractivity contribution is -0.123. The number of nitrogens with zero attached hydrogens (tertiary/aromatic N) is 1. The molecule has 0 saturated carbocycles. The number of ether oxygens (including phenoxy) is 1. The van der Waals surface area contributed by atoms with Crippen LogP contribution in [0.4, 0.5) is 0 Å². The van der Waals surface area contributed by atoms with Gasteiger partial charge in [-0.1, -0.05) is 29.3 Å². The number of hydrogen-bond donors (Lipinski definition) is 1. The van der Waals surface area contributed by atoms with Gasteiger partial charge < -0.3 is 10.1 Å². The summed E-state index contributed by atoms with van der Waals surface area (Å²) in [6, 6.07) is 12.5. The van der Waals surface area contributed by atoms with Crippen molar-refractivity contribution in [2.24, 2.45) is 5.92 Å². The molecule has 1 N–H and O–H groups in total. The van der Waals surface area contributed by atoms with Crippen LogP contribution in [-0.4, -0.2) is 42.8 Å². The highest BCUT2D eigenvalue weighted by atomic mass is 35.5. The molecule has 1 fully saturated rings. The maximum Gasteiger partial charge on any atom is 0.257 e. The normalized spacial score (nSPS) is 16.6. The Bertz CT molecular complexity index is 871. The Labute approximate surface area is 180 Å². The lowest BCUT2D eigenvalue weighted by Crippen LogP contribution is -2.34. The first-order chi connectivity index (χ1) is 13.9. The summed E-state index contributed by atoms with van der Waals surface area (Å²) in [5.74, 6) is 0.832. The van der Waals surface area contributed by atoms with Crippen LogP contribution >= 0.6 is 23.2 Å². The van der Waals surface area contributed by atoms with Crippen molar-refractivity contribution in [2.45, 2.75) is 19.9 Å². The molecule has 7 heteroatoms. The predicted octanol–water partition coefficient (Wildman–Crippen LogP) is 4.21. The molecule has 1 heterocycles. The van der Waals surface area contributed by atoms with Gasteiger partial charge >= 0.3 is 0 Å². The Hall–Kier alpha value is -2.08. The highest BCUT2D eigenvalue weighted by Crippen LogP contribution is 2.25. The third-order valence-corrected chi connectivity index (χ3v) is 5.72. The van der Waals surface area contributed by atoms with Crippen LogP contribution < -0.4 is 10.1 Å². The van der Waals surface area contributed by atoms with E-state index in [-0.39, 0.29) is 18.3 Å². The molecule has 0 aliphatic carbocycles. The zero-order valence-corrected chi connectivity index (χ0v) is 17.8. The monoisotopic (exact) mass is 434 g/mol. The van der Waals surface area contributed by atoms with Crippen molar-refractivity contribution in [2.75, 3.05) is 26.2 Å². The van der Waals surface area contributed by atoms with Crippen LogP contribution in [0.3, 0.4) is 0 Å². The van der Waals surface area contributed by atoms with E-state index in [2.05, 4.69) is 10.2 Å². The predicted molar refractivity (Wildman–Crippen MR) is 115 cm³/mol. The number of carbonyl (C=O) groups excluding carboxylic acids is 2. The zero-order valence-electron chi connectivity index (χ0n) is 16.3. The topological polar surface area (TPSA) is 58.6 Å². The van der Waals surface area contributed by atoms with Crippen molar-refractivity contribution < 1.29 is 14.3 Å². The standard InChI is InChI=1S/C22H24Cl2N2O3/c1-15(27)18-3-5-19(6-4-18)29-14-22(28)25-11-17-8-9-26(13-17)12-16-2-7-20(23)21(24)10-16/h2-7,10,17H,8-9,11-14H2,1H3,(H,25,28). The molecule has 0 spiro atoms. The summed E-state index contributed by atoms with van der Waals surface area (Å²) in [7, 11) is 0. The maximum absolute atomic E-state index is 12.1. The number of hydrogen-bond acceptors (Lipinski definition) is 4. The summed E-state index contributed by atoms with van der Waals surface area (Å²) >= 11 is 12.0. The summed E-state index contributed by atoms with van der Waals surface area (Å²) in [6.45, 7) is 4.83. The van der Waals surface area contributed by atoms with Crippen LogP contribution in [-0.2, 0) is 11.3 Å². The Balaban J connectivity index is 1.37. The summed E-state index contributed by atoms with van der Waals surface area (Å²) < 4.78 is 5.48. The summed E-state index contributed by atoms with van der Waals surface area (Å²) in [6.07, 6.45) is 1.04. The first-order valence-corrected chi connectivity index (χ1v) is 10.3. The average Bonchev–Trinajstić information content (AvgIpc) is 3.15. The van der Waals surface area contributed by atoms with Gasteiger partial charge in [0.05, 0.1) is 10.0 Å². The fourth-order valence-electron chi connectivity index (χ4n) is 3.36. The second-order valence-corrected chi connectivity index (χ2v) is 8.13. The summed E-state index contributed by atoms with van der Waals surface area (Å²) in [4.78, 5) is 25.7. The van der Waals surface area contributed by atoms with Gasteiger partial charge in [0, 0.05) is 25.2 Å². The summed E-state index contributed by atoms with van der Waals surface area (Å²) in [5.41, 5.74) is 1.75. The Morgan fingerprint density at radius 3 is 2.59 bits per heavy atom. The van der Waals surface area contributed by atoms with Crippen molar-refractivity contribution >= 4 is 34.9 Å². The smallest absolute Gasteiger partial charge is 0.257 e. The Morgan fingerprint density at radius 2 is 1.90 bits per heavy atom. The molecule has 1 aliphatic heterocycles. The van der Waals surface area contributed by atoms with Gasteiger partial charge in [-0.2, -0.15) is 0 Å². The molecule has 1 unspecified atom stereocenters. The molecule has 0 aromatic heterocycles. The molecule has 3 rings (SSSR count). The van der Waals surface area contributed by atoms with E-state index >= 15 is 0 Å². The highest BCUT2D eigenvalue weighted by molar-refractivity contribution is 6.42. The molecule has 1 amide bonds. The van der Waals surface area contributed by atoms with Gasteiger partial charge in [0.15, 0.2) is 12.4 Å². The van der Waals surface area contributed by atoms with Crippen LogP contribution in [0.1, 0.15) is 29.3 Å². The minimum atomic E-state index is -0.149. The Morgan fingerprint density at radius 1 is 1.14 bits per heavy atom. The molecule has 1 atom stereocenters. The van der Waals surface area contributed by atoms with Crippen LogP contribution in [0, 0.1) is 5.92 Å². The van der Waals surface area contributed by atoms with Gasteiger partial charge in [0.1, 0.15) is 5.75 Å². The van der Waals surface area contributed by atoms with Crippen LogP contribution in [0.15, 0.2) is 42.5 Å². The van der Waals surface area contributed by atoms with E-state index in [1.807, 2.05) is 18.2 Å². The number of halogens is 2. The molecular weight excluding hydrogens is 411 g/mol. The molecule has 154 valence electrons. The molecule has 0 radical (unpaired) electrons. The number of nitrogens with one attached hydrogen (secondary N) is 1. The quantitative estimate of drug-likeness (QED) is 0.632. The number of carbonyl (C=O) groups is 2. The Kier molecular flexibility index (Phi) is 7.53. The molecular formula is C22H24Cl2N2O3. The largest absolute Gasteiger partial charge is 0.484 e. The van der Waals surface area contributed by atoms with E-state index in [9.17, 15) is 9.59 Å². The fourth-order valence-corrected chi connectivity index (χ4v) is 3.68. The molecule has 5 nitrogen and oxygen atoms in total. The third-order valence-electron chi connectivity index (χ3n) is 4.98. The zero-order chi connectivity index (χ0) is 20.8. The second-order valence-electron chi connectivity index (χ2n) is 7.31. The highest BCUT2D eigenvalue weighted by Gasteiger charge is 2.23. The number of likely N-dealkylation sites (tertiary alicyclic amines) is 1. The van der Waals surface area contributed by atoms with Gasteiger partial charge in [0.2, 0.25) is 0 Å². The first kappa shape index (κ1) is 21.6. The van der Waals surface area contributed by atoms with E-state index < -0.39 is 0 Å². The van der Waals surface area contributed by atoms with Crippen molar-refractivity contribution in [1.29, 1.82) is 0 Å². The number of Topliss-reactive ketones (excluding diaryl/α,β-unsaturated/α-hetero) is 1. The molecule has 2 aromatic rings. The van der Waals surface area contributed by atoms with E-state index in [0.717, 1.165) is 31.6 Å². The van der Waals surface area contributed by atoms with Crippen molar-refractivity contribution in [1.82, 2.24) is 10.2 Å². The lowest BCUT2D eigenvalue weighted by Gasteiger charge is -2.17. The molecule has 2 aromatic carbocycles. The minimum absolute atomic E-state index is 0.000870. The third kappa shape index (κ3) is 6.46. The lowest BCUT2D eigenvalue weighted by atomic mass is 10.1.